The van der Waals surface area contributed by atoms with E-state index < -0.39 is 12.0 Å². The molecule has 6 rings (SSSR count). The monoisotopic (exact) mass is 572 g/mol. The largest absolute Gasteiger partial charge is 0.508 e. The summed E-state index contributed by atoms with van der Waals surface area (Å²) in [7, 11) is 1.66. The number of ether oxygens (including phenoxy) is 2. The first-order valence-corrected chi connectivity index (χ1v) is 14.3. The van der Waals surface area contributed by atoms with Gasteiger partial charge < -0.3 is 19.9 Å². The average Bonchev–Trinajstić information content (AvgIpc) is 3.50. The van der Waals surface area contributed by atoms with Gasteiger partial charge in [0, 0.05) is 44.0 Å². The fourth-order valence-electron chi connectivity index (χ4n) is 6.65. The number of aryl methyl sites for hydroxylation is 1. The number of fused-ring (bicyclic) bond motifs is 3. The van der Waals surface area contributed by atoms with Crippen LogP contribution in [0.25, 0.3) is 32.8 Å². The molecule has 3 heterocycles. The van der Waals surface area contributed by atoms with E-state index in [0.29, 0.717) is 60.4 Å². The maximum absolute atomic E-state index is 14.8. The standard InChI is InChI=1S/C33H34F2N4O3/c1-4-24-28(35)10-7-21-15-23(40)16-27(29(21)24)25-8-9-26-30(20(25)2)37-32(38-31(26)36-12-6-14-41-3)42-19-33-11-5-13-39(33)18-22(34)17-33/h1,7-10,15-16,22,40H,5-6,11-14,17-19H2,2-3H3,(H,36,37,38). The predicted molar refractivity (Wildman–Crippen MR) is 160 cm³/mol. The maximum Gasteiger partial charge on any atom is 0.319 e. The van der Waals surface area contributed by atoms with E-state index in [4.69, 9.17) is 25.9 Å². The molecule has 4 aromatic rings. The van der Waals surface area contributed by atoms with Crippen molar-refractivity contribution in [2.45, 2.75) is 44.3 Å². The molecule has 3 aromatic carbocycles. The van der Waals surface area contributed by atoms with Gasteiger partial charge >= 0.3 is 6.01 Å². The third-order valence-corrected chi connectivity index (χ3v) is 8.64. The summed E-state index contributed by atoms with van der Waals surface area (Å²) in [5.74, 6) is 2.65. The van der Waals surface area contributed by atoms with Crippen molar-refractivity contribution in [2.75, 3.05) is 45.3 Å². The van der Waals surface area contributed by atoms with Crippen molar-refractivity contribution in [3.8, 4) is 35.2 Å². The van der Waals surface area contributed by atoms with Crippen molar-refractivity contribution in [1.29, 1.82) is 0 Å². The number of halogens is 2. The third-order valence-electron chi connectivity index (χ3n) is 8.64. The van der Waals surface area contributed by atoms with Crippen LogP contribution in [0.15, 0.2) is 36.4 Å². The molecule has 9 heteroatoms. The Hall–Kier alpha value is -4.00. The van der Waals surface area contributed by atoms with Gasteiger partial charge in [-0.3, -0.25) is 4.90 Å². The molecule has 42 heavy (non-hydrogen) atoms. The van der Waals surface area contributed by atoms with E-state index in [-0.39, 0.29) is 22.9 Å². The highest BCUT2D eigenvalue weighted by Gasteiger charge is 2.49. The van der Waals surface area contributed by atoms with Gasteiger partial charge in [-0.15, -0.1) is 6.42 Å². The topological polar surface area (TPSA) is 79.7 Å². The minimum atomic E-state index is -0.857. The lowest BCUT2D eigenvalue weighted by Crippen LogP contribution is -2.43. The Morgan fingerprint density at radius 2 is 2.07 bits per heavy atom. The van der Waals surface area contributed by atoms with Gasteiger partial charge in [0.1, 0.15) is 30.2 Å². The van der Waals surface area contributed by atoms with Gasteiger partial charge in [0.25, 0.3) is 0 Å². The number of aromatic nitrogens is 2. The molecule has 218 valence electrons. The molecule has 2 unspecified atom stereocenters. The van der Waals surface area contributed by atoms with Crippen LogP contribution in [0.4, 0.5) is 14.6 Å². The summed E-state index contributed by atoms with van der Waals surface area (Å²) in [4.78, 5) is 11.8. The van der Waals surface area contributed by atoms with E-state index in [1.165, 1.54) is 6.07 Å². The molecule has 0 aliphatic carbocycles. The highest BCUT2D eigenvalue weighted by molar-refractivity contribution is 6.05. The predicted octanol–water partition coefficient (Wildman–Crippen LogP) is 5.99. The van der Waals surface area contributed by atoms with Crippen molar-refractivity contribution in [3.63, 3.8) is 0 Å². The second-order valence-corrected chi connectivity index (χ2v) is 11.3. The average molecular weight is 573 g/mol. The van der Waals surface area contributed by atoms with Crippen molar-refractivity contribution in [1.82, 2.24) is 14.9 Å². The van der Waals surface area contributed by atoms with Gasteiger partial charge in [0.05, 0.1) is 16.6 Å². The quantitative estimate of drug-likeness (QED) is 0.189. The van der Waals surface area contributed by atoms with Crippen LogP contribution >= 0.6 is 0 Å². The first kappa shape index (κ1) is 28.1. The number of alkyl halides is 1. The number of rotatable bonds is 9. The Balaban J connectivity index is 1.46. The van der Waals surface area contributed by atoms with Crippen LogP contribution in [-0.4, -0.2) is 71.6 Å². The fraction of sp³-hybridized carbons (Fsp3) is 0.394. The van der Waals surface area contributed by atoms with E-state index in [2.05, 4.69) is 16.1 Å². The highest BCUT2D eigenvalue weighted by atomic mass is 19.1. The number of terminal acetylenes is 1. The number of anilines is 1. The van der Waals surface area contributed by atoms with E-state index in [1.54, 1.807) is 25.3 Å². The third kappa shape index (κ3) is 4.99. The molecule has 0 radical (unpaired) electrons. The Morgan fingerprint density at radius 3 is 2.88 bits per heavy atom. The molecule has 2 aliphatic heterocycles. The normalized spacial score (nSPS) is 20.2. The van der Waals surface area contributed by atoms with E-state index >= 15 is 0 Å². The Kier molecular flexibility index (Phi) is 7.60. The number of aromatic hydroxyl groups is 1. The van der Waals surface area contributed by atoms with Crippen LogP contribution in [0, 0.1) is 25.1 Å². The van der Waals surface area contributed by atoms with Crippen LogP contribution in [0.3, 0.4) is 0 Å². The van der Waals surface area contributed by atoms with Gasteiger partial charge in [0.2, 0.25) is 0 Å². The molecule has 2 fully saturated rings. The maximum atomic E-state index is 14.8. The number of benzene rings is 3. The zero-order valence-corrected chi connectivity index (χ0v) is 23.8. The molecule has 0 bridgehead atoms. The summed E-state index contributed by atoms with van der Waals surface area (Å²) in [6.45, 7) is 4.77. The SMILES string of the molecule is C#Cc1c(F)ccc2cc(O)cc(-c3ccc4c(NCCCOC)nc(OCC56CCCN5CC(F)C6)nc4c3C)c12. The van der Waals surface area contributed by atoms with Crippen LogP contribution in [0.2, 0.25) is 0 Å². The number of hydrogen-bond donors (Lipinski definition) is 2. The second-order valence-electron chi connectivity index (χ2n) is 11.3. The van der Waals surface area contributed by atoms with Gasteiger partial charge in [-0.2, -0.15) is 9.97 Å². The molecule has 2 atom stereocenters. The lowest BCUT2D eigenvalue weighted by molar-refractivity contribution is 0.107. The molecular weight excluding hydrogens is 538 g/mol. The van der Waals surface area contributed by atoms with E-state index in [9.17, 15) is 13.9 Å². The number of phenolic OH excluding ortho intramolecular Hbond substituents is 1. The Bertz CT molecular complexity index is 1710. The highest BCUT2D eigenvalue weighted by Crippen LogP contribution is 2.42. The van der Waals surface area contributed by atoms with Gasteiger partial charge in [-0.1, -0.05) is 18.1 Å². The molecular formula is C33H34F2N4O3. The molecule has 2 aliphatic rings. The lowest BCUT2D eigenvalue weighted by Gasteiger charge is -2.30. The van der Waals surface area contributed by atoms with Gasteiger partial charge in [-0.05, 0) is 79.1 Å². The minimum absolute atomic E-state index is 0.0434. The number of phenols is 1. The number of nitrogens with zero attached hydrogens (tertiary/aromatic N) is 3. The van der Waals surface area contributed by atoms with E-state index in [1.807, 2.05) is 19.1 Å². The molecule has 0 amide bonds. The molecule has 2 N–H and O–H groups in total. The summed E-state index contributed by atoms with van der Waals surface area (Å²) < 4.78 is 40.6. The van der Waals surface area contributed by atoms with Crippen molar-refractivity contribution in [2.24, 2.45) is 0 Å². The summed E-state index contributed by atoms with van der Waals surface area (Å²) in [6, 6.07) is 10.1. The molecule has 7 nitrogen and oxygen atoms in total. The van der Waals surface area contributed by atoms with Crippen molar-refractivity contribution in [3.05, 3.63) is 53.3 Å². The summed E-state index contributed by atoms with van der Waals surface area (Å²) in [6.07, 6.45) is 8.00. The molecule has 2 saturated heterocycles. The van der Waals surface area contributed by atoms with Crippen LogP contribution in [-0.2, 0) is 4.74 Å². The lowest BCUT2D eigenvalue weighted by atomic mass is 9.91. The summed E-state index contributed by atoms with van der Waals surface area (Å²) >= 11 is 0. The summed E-state index contributed by atoms with van der Waals surface area (Å²) in [5, 5.41) is 15.9. The first-order valence-electron chi connectivity index (χ1n) is 14.3. The molecule has 0 saturated carbocycles. The summed E-state index contributed by atoms with van der Waals surface area (Å²) in [5.41, 5.74) is 2.60. The van der Waals surface area contributed by atoms with Crippen molar-refractivity contribution >= 4 is 27.5 Å². The molecule has 1 aromatic heterocycles. The number of hydrogen-bond acceptors (Lipinski definition) is 7. The van der Waals surface area contributed by atoms with Crippen LogP contribution in [0.1, 0.15) is 36.8 Å². The van der Waals surface area contributed by atoms with Gasteiger partial charge in [-0.25, -0.2) is 8.78 Å². The van der Waals surface area contributed by atoms with E-state index in [0.717, 1.165) is 42.3 Å². The first-order chi connectivity index (χ1) is 20.3. The Labute approximate surface area is 243 Å². The molecule has 0 spiro atoms. The van der Waals surface area contributed by atoms with Crippen molar-refractivity contribution < 1.29 is 23.4 Å². The fourth-order valence-corrected chi connectivity index (χ4v) is 6.65. The second kappa shape index (κ2) is 11.3. The van der Waals surface area contributed by atoms with Crippen LogP contribution in [0.5, 0.6) is 11.8 Å². The van der Waals surface area contributed by atoms with Crippen LogP contribution < -0.4 is 10.1 Å². The Morgan fingerprint density at radius 1 is 1.21 bits per heavy atom. The number of methoxy groups -OCH3 is 1. The zero-order valence-electron chi connectivity index (χ0n) is 23.8. The smallest absolute Gasteiger partial charge is 0.319 e. The number of nitrogens with one attached hydrogen (secondary N) is 1. The van der Waals surface area contributed by atoms with Gasteiger partial charge in [0.15, 0.2) is 0 Å². The minimum Gasteiger partial charge on any atom is -0.508 e. The zero-order chi connectivity index (χ0) is 29.4.